The van der Waals surface area contributed by atoms with Crippen molar-refractivity contribution in [3.8, 4) is 5.75 Å². The maximum absolute atomic E-state index is 12.0. The quantitative estimate of drug-likeness (QED) is 0.672. The minimum absolute atomic E-state index is 0.150. The molecule has 1 N–H and O–H groups in total. The molecule has 1 unspecified atom stereocenters. The molecule has 3 nitrogen and oxygen atoms in total. The van der Waals surface area contributed by atoms with Crippen LogP contribution in [0.3, 0.4) is 0 Å². The van der Waals surface area contributed by atoms with Crippen molar-refractivity contribution in [1.82, 2.24) is 0 Å². The molecule has 2 rings (SSSR count). The number of aryl methyl sites for hydroxylation is 1. The molecule has 2 aromatic carbocycles. The summed E-state index contributed by atoms with van der Waals surface area (Å²) in [5.41, 5.74) is 3.40. The minimum atomic E-state index is -0.167. The van der Waals surface area contributed by atoms with Gasteiger partial charge in [0.05, 0.1) is 12.5 Å². The lowest BCUT2D eigenvalue weighted by atomic mass is 10.0. The minimum Gasteiger partial charge on any atom is -0.508 e. The lowest BCUT2D eigenvalue weighted by Crippen LogP contribution is -2.18. The zero-order valence-electron chi connectivity index (χ0n) is 17.1. The number of esters is 1. The fourth-order valence-electron chi connectivity index (χ4n) is 2.24. The number of hydrogen-bond donors (Lipinski definition) is 1. The molecule has 0 aromatic heterocycles. The van der Waals surface area contributed by atoms with Crippen molar-refractivity contribution in [1.29, 1.82) is 0 Å². The number of phenols is 1. The molecule has 0 radical (unpaired) electrons. The fraction of sp³-hybridized carbons (Fsp3) is 0.435. The second-order valence-corrected chi connectivity index (χ2v) is 5.67. The van der Waals surface area contributed by atoms with Gasteiger partial charge in [0.2, 0.25) is 0 Å². The topological polar surface area (TPSA) is 46.5 Å². The smallest absolute Gasteiger partial charge is 0.308 e. The van der Waals surface area contributed by atoms with Gasteiger partial charge >= 0.3 is 5.97 Å². The summed E-state index contributed by atoms with van der Waals surface area (Å²) in [5, 5.41) is 9.21. The van der Waals surface area contributed by atoms with E-state index in [2.05, 4.69) is 24.3 Å². The van der Waals surface area contributed by atoms with Crippen LogP contribution in [0.15, 0.2) is 48.5 Å². The summed E-state index contributed by atoms with van der Waals surface area (Å²) in [6, 6.07) is 15.1. The van der Waals surface area contributed by atoms with Gasteiger partial charge in [0.25, 0.3) is 0 Å². The average molecular weight is 359 g/mol. The van der Waals surface area contributed by atoms with Crippen molar-refractivity contribution in [2.45, 2.75) is 54.4 Å². The lowest BCUT2D eigenvalue weighted by molar-refractivity contribution is -0.147. The standard InChI is InChI=1S/C19H22O3.2C2H6/c1-14-3-5-17(6-4-14)13-15(2)19(21)22-12-11-16-7-9-18(20)10-8-16;2*1-2/h3-10,15,20H,11-13H2,1-2H3;2*1-2H3. The van der Waals surface area contributed by atoms with E-state index in [1.54, 1.807) is 12.1 Å². The SMILES string of the molecule is CC.CC.Cc1ccc(CC(C)C(=O)OCCc2ccc(O)cc2)cc1. The first-order valence-corrected chi connectivity index (χ1v) is 9.54. The zero-order valence-corrected chi connectivity index (χ0v) is 17.1. The summed E-state index contributed by atoms with van der Waals surface area (Å²) in [6.45, 7) is 12.3. The Bertz CT molecular complexity index is 600. The van der Waals surface area contributed by atoms with Gasteiger partial charge in [0.15, 0.2) is 0 Å². The molecule has 26 heavy (non-hydrogen) atoms. The molecule has 0 amide bonds. The van der Waals surface area contributed by atoms with E-state index < -0.39 is 0 Å². The molecule has 1 atom stereocenters. The number of phenolic OH excluding ortho intramolecular Hbond substituents is 1. The second-order valence-electron chi connectivity index (χ2n) is 5.67. The Morgan fingerprint density at radius 2 is 1.42 bits per heavy atom. The fourth-order valence-corrected chi connectivity index (χ4v) is 2.24. The molecule has 2 aromatic rings. The maximum atomic E-state index is 12.0. The van der Waals surface area contributed by atoms with Crippen LogP contribution in [0.5, 0.6) is 5.75 Å². The van der Waals surface area contributed by atoms with E-state index in [1.807, 2.05) is 53.7 Å². The highest BCUT2D eigenvalue weighted by Crippen LogP contribution is 2.13. The average Bonchev–Trinajstić information content (AvgIpc) is 2.68. The molecule has 0 saturated heterocycles. The number of carbonyl (C=O) groups is 1. The third kappa shape index (κ3) is 9.26. The van der Waals surface area contributed by atoms with Gasteiger partial charge in [-0.05, 0) is 36.6 Å². The van der Waals surface area contributed by atoms with Crippen LogP contribution in [0.2, 0.25) is 0 Å². The van der Waals surface area contributed by atoms with Gasteiger partial charge in [-0.15, -0.1) is 0 Å². The summed E-state index contributed by atoms with van der Waals surface area (Å²) < 4.78 is 5.33. The number of hydrogen-bond acceptors (Lipinski definition) is 3. The first kappa shape index (κ1) is 23.7. The van der Waals surface area contributed by atoms with Crippen molar-refractivity contribution < 1.29 is 14.6 Å². The largest absolute Gasteiger partial charge is 0.508 e. The van der Waals surface area contributed by atoms with E-state index in [1.165, 1.54) is 5.56 Å². The number of rotatable bonds is 6. The highest BCUT2D eigenvalue weighted by atomic mass is 16.5. The van der Waals surface area contributed by atoms with E-state index >= 15 is 0 Å². The van der Waals surface area contributed by atoms with Gasteiger partial charge in [-0.3, -0.25) is 4.79 Å². The monoisotopic (exact) mass is 358 g/mol. The van der Waals surface area contributed by atoms with Crippen LogP contribution in [0.4, 0.5) is 0 Å². The second kappa shape index (κ2) is 13.9. The molecule has 0 fully saturated rings. The molecule has 0 aliphatic carbocycles. The van der Waals surface area contributed by atoms with Crippen molar-refractivity contribution in [2.75, 3.05) is 6.61 Å². The molecule has 0 spiro atoms. The van der Waals surface area contributed by atoms with Gasteiger partial charge < -0.3 is 9.84 Å². The molecular weight excluding hydrogens is 324 g/mol. The van der Waals surface area contributed by atoms with Gasteiger partial charge in [0.1, 0.15) is 5.75 Å². The van der Waals surface area contributed by atoms with Gasteiger partial charge in [-0.2, -0.15) is 0 Å². The Labute approximate surface area is 159 Å². The lowest BCUT2D eigenvalue weighted by Gasteiger charge is -2.12. The number of carbonyl (C=O) groups excluding carboxylic acids is 1. The summed E-state index contributed by atoms with van der Waals surface area (Å²) >= 11 is 0. The third-order valence-electron chi connectivity index (χ3n) is 3.64. The van der Waals surface area contributed by atoms with Crippen LogP contribution in [0, 0.1) is 12.8 Å². The normalized spacial score (nSPS) is 10.5. The van der Waals surface area contributed by atoms with Crippen molar-refractivity contribution in [3.05, 3.63) is 65.2 Å². The molecular formula is C23H34O3. The van der Waals surface area contributed by atoms with Crippen molar-refractivity contribution in [3.63, 3.8) is 0 Å². The van der Waals surface area contributed by atoms with Gasteiger partial charge in [0, 0.05) is 6.42 Å². The Hall–Kier alpha value is -2.29. The maximum Gasteiger partial charge on any atom is 0.308 e. The summed E-state index contributed by atoms with van der Waals surface area (Å²) in [4.78, 5) is 12.0. The van der Waals surface area contributed by atoms with E-state index in [4.69, 9.17) is 4.74 Å². The first-order valence-electron chi connectivity index (χ1n) is 9.54. The Balaban J connectivity index is 0.00000146. The Morgan fingerprint density at radius 3 is 1.96 bits per heavy atom. The summed E-state index contributed by atoms with van der Waals surface area (Å²) in [5.74, 6) is -0.0747. The van der Waals surface area contributed by atoms with Crippen LogP contribution in [0.1, 0.15) is 51.3 Å². The highest BCUT2D eigenvalue weighted by molar-refractivity contribution is 5.72. The predicted octanol–water partition coefficient (Wildman–Crippen LogP) is 5.72. The van der Waals surface area contributed by atoms with Gasteiger partial charge in [-0.25, -0.2) is 0 Å². The van der Waals surface area contributed by atoms with Crippen molar-refractivity contribution in [2.24, 2.45) is 5.92 Å². The molecule has 0 bridgehead atoms. The van der Waals surface area contributed by atoms with E-state index in [0.717, 1.165) is 11.1 Å². The molecule has 144 valence electrons. The number of ether oxygens (including phenoxy) is 1. The van der Waals surface area contributed by atoms with Crippen LogP contribution < -0.4 is 0 Å². The first-order chi connectivity index (χ1) is 12.5. The van der Waals surface area contributed by atoms with Crippen LogP contribution in [-0.2, 0) is 22.4 Å². The van der Waals surface area contributed by atoms with E-state index in [-0.39, 0.29) is 17.6 Å². The Morgan fingerprint density at radius 1 is 0.923 bits per heavy atom. The molecule has 3 heteroatoms. The number of aromatic hydroxyl groups is 1. The third-order valence-corrected chi connectivity index (χ3v) is 3.64. The molecule has 0 aliphatic heterocycles. The van der Waals surface area contributed by atoms with Crippen LogP contribution in [0.25, 0.3) is 0 Å². The highest BCUT2D eigenvalue weighted by Gasteiger charge is 2.15. The van der Waals surface area contributed by atoms with Gasteiger partial charge in [-0.1, -0.05) is 76.6 Å². The summed E-state index contributed by atoms with van der Waals surface area (Å²) in [7, 11) is 0. The molecule has 0 aliphatic rings. The molecule has 0 saturated carbocycles. The predicted molar refractivity (Wildman–Crippen MR) is 110 cm³/mol. The van der Waals surface area contributed by atoms with Crippen LogP contribution >= 0.6 is 0 Å². The van der Waals surface area contributed by atoms with E-state index in [9.17, 15) is 9.90 Å². The summed E-state index contributed by atoms with van der Waals surface area (Å²) in [6.07, 6.45) is 1.35. The van der Waals surface area contributed by atoms with Crippen LogP contribution in [-0.4, -0.2) is 17.7 Å². The number of benzene rings is 2. The zero-order chi connectivity index (χ0) is 19.9. The molecule has 0 heterocycles. The van der Waals surface area contributed by atoms with E-state index in [0.29, 0.717) is 19.4 Å². The Kier molecular flexibility index (Phi) is 12.7. The van der Waals surface area contributed by atoms with Crippen molar-refractivity contribution >= 4 is 5.97 Å².